The lowest BCUT2D eigenvalue weighted by molar-refractivity contribution is -0.137. The molecule has 0 aliphatic heterocycles. The van der Waals surface area contributed by atoms with E-state index in [2.05, 4.69) is 10.3 Å². The summed E-state index contributed by atoms with van der Waals surface area (Å²) in [6.07, 6.45) is 5.28. The van der Waals surface area contributed by atoms with Gasteiger partial charge in [-0.05, 0) is 24.0 Å². The summed E-state index contributed by atoms with van der Waals surface area (Å²) >= 11 is 1.31. The number of rotatable bonds is 6. The maximum atomic E-state index is 12.8. The lowest BCUT2D eigenvalue weighted by Gasteiger charge is -2.20. The molecule has 1 aliphatic rings. The zero-order chi connectivity index (χ0) is 19.3. The van der Waals surface area contributed by atoms with E-state index in [1.165, 1.54) is 49.5 Å². The number of hydrogen-bond donors (Lipinski definition) is 1. The van der Waals surface area contributed by atoms with Gasteiger partial charge in [0.2, 0.25) is 5.91 Å². The molecular formula is C20H23F3N2OS. The fourth-order valence-corrected chi connectivity index (χ4v) is 4.36. The SMILES string of the molecule is O=C(CCC1CCCCC1)Nc1ncc(Cc2cccc(C(F)(F)F)c2)s1. The van der Waals surface area contributed by atoms with Crippen LogP contribution in [0.2, 0.25) is 0 Å². The minimum atomic E-state index is -4.35. The number of halogens is 3. The summed E-state index contributed by atoms with van der Waals surface area (Å²) in [4.78, 5) is 17.1. The lowest BCUT2D eigenvalue weighted by atomic mass is 9.86. The molecule has 1 fully saturated rings. The van der Waals surface area contributed by atoms with Crippen LogP contribution in [-0.2, 0) is 17.4 Å². The lowest BCUT2D eigenvalue weighted by Crippen LogP contribution is -2.14. The maximum absolute atomic E-state index is 12.8. The third-order valence-electron chi connectivity index (χ3n) is 4.94. The van der Waals surface area contributed by atoms with Crippen molar-refractivity contribution in [2.45, 2.75) is 57.5 Å². The highest BCUT2D eigenvalue weighted by Gasteiger charge is 2.30. The van der Waals surface area contributed by atoms with E-state index in [0.717, 1.165) is 23.4 Å². The third kappa shape index (κ3) is 6.06. The van der Waals surface area contributed by atoms with Gasteiger partial charge in [-0.15, -0.1) is 11.3 Å². The van der Waals surface area contributed by atoms with Crippen molar-refractivity contribution >= 4 is 22.4 Å². The van der Waals surface area contributed by atoms with Gasteiger partial charge in [0.25, 0.3) is 0 Å². The number of nitrogens with zero attached hydrogens (tertiary/aromatic N) is 1. The summed E-state index contributed by atoms with van der Waals surface area (Å²) in [6, 6.07) is 5.29. The number of nitrogens with one attached hydrogen (secondary N) is 1. The van der Waals surface area contributed by atoms with Crippen LogP contribution in [0.15, 0.2) is 30.5 Å². The minimum absolute atomic E-state index is 0.0412. The first-order chi connectivity index (χ1) is 12.9. The molecule has 146 valence electrons. The molecule has 1 saturated carbocycles. The first-order valence-corrected chi connectivity index (χ1v) is 10.1. The molecule has 1 amide bonds. The molecule has 1 aliphatic carbocycles. The van der Waals surface area contributed by atoms with Crippen molar-refractivity contribution in [3.8, 4) is 0 Å². The zero-order valence-corrected chi connectivity index (χ0v) is 15.8. The molecule has 7 heteroatoms. The topological polar surface area (TPSA) is 42.0 Å². The number of amides is 1. The Labute approximate surface area is 161 Å². The molecule has 3 rings (SSSR count). The number of anilines is 1. The summed E-state index contributed by atoms with van der Waals surface area (Å²) in [7, 11) is 0. The van der Waals surface area contributed by atoms with Crippen LogP contribution in [0, 0.1) is 5.92 Å². The standard InChI is InChI=1S/C20H23F3N2OS/c21-20(22,23)16-8-4-7-15(11-16)12-17-13-24-19(27-17)25-18(26)10-9-14-5-2-1-3-6-14/h4,7-8,11,13-14H,1-3,5-6,9-10,12H2,(H,24,25,26). The molecule has 0 atom stereocenters. The van der Waals surface area contributed by atoms with Crippen LogP contribution in [0.25, 0.3) is 0 Å². The van der Waals surface area contributed by atoms with Crippen molar-refractivity contribution in [3.05, 3.63) is 46.5 Å². The van der Waals surface area contributed by atoms with Gasteiger partial charge >= 0.3 is 6.18 Å². The molecule has 0 unspecified atom stereocenters. The Morgan fingerprint density at radius 2 is 2.00 bits per heavy atom. The molecule has 0 radical (unpaired) electrons. The van der Waals surface area contributed by atoms with Gasteiger partial charge in [0.15, 0.2) is 5.13 Å². The molecule has 0 spiro atoms. The number of aromatic nitrogens is 1. The number of hydrogen-bond acceptors (Lipinski definition) is 3. The Kier molecular flexibility index (Phi) is 6.52. The number of benzene rings is 1. The van der Waals surface area contributed by atoms with Gasteiger partial charge in [-0.3, -0.25) is 4.79 Å². The Hall–Kier alpha value is -1.89. The summed E-state index contributed by atoms with van der Waals surface area (Å²) in [6.45, 7) is 0. The summed E-state index contributed by atoms with van der Waals surface area (Å²) in [5, 5.41) is 3.32. The minimum Gasteiger partial charge on any atom is -0.302 e. The second-order valence-corrected chi connectivity index (χ2v) is 8.21. The van der Waals surface area contributed by atoms with E-state index in [-0.39, 0.29) is 5.91 Å². The smallest absolute Gasteiger partial charge is 0.302 e. The Bertz CT molecular complexity index is 767. The summed E-state index contributed by atoms with van der Waals surface area (Å²) in [5.74, 6) is 0.609. The Morgan fingerprint density at radius 1 is 1.22 bits per heavy atom. The van der Waals surface area contributed by atoms with Gasteiger partial charge in [0.1, 0.15) is 0 Å². The van der Waals surface area contributed by atoms with E-state index in [9.17, 15) is 18.0 Å². The molecule has 0 saturated heterocycles. The van der Waals surface area contributed by atoms with Crippen LogP contribution in [-0.4, -0.2) is 10.9 Å². The van der Waals surface area contributed by atoms with Gasteiger partial charge in [0, 0.05) is 23.9 Å². The molecule has 1 aromatic carbocycles. The fourth-order valence-electron chi connectivity index (χ4n) is 3.50. The van der Waals surface area contributed by atoms with E-state index in [1.807, 2.05) is 0 Å². The normalized spacial score (nSPS) is 15.7. The summed E-state index contributed by atoms with van der Waals surface area (Å²) in [5.41, 5.74) is -0.0793. The van der Waals surface area contributed by atoms with E-state index in [0.29, 0.717) is 29.5 Å². The molecule has 0 bridgehead atoms. The van der Waals surface area contributed by atoms with E-state index in [1.54, 1.807) is 12.3 Å². The van der Waals surface area contributed by atoms with Crippen molar-refractivity contribution in [3.63, 3.8) is 0 Å². The predicted octanol–water partition coefficient (Wildman–Crippen LogP) is 6.05. The molecule has 27 heavy (non-hydrogen) atoms. The van der Waals surface area contributed by atoms with Crippen LogP contribution in [0.5, 0.6) is 0 Å². The molecule has 1 N–H and O–H groups in total. The van der Waals surface area contributed by atoms with Crippen molar-refractivity contribution in [1.82, 2.24) is 4.98 Å². The first-order valence-electron chi connectivity index (χ1n) is 9.31. The Balaban J connectivity index is 1.51. The monoisotopic (exact) mass is 396 g/mol. The van der Waals surface area contributed by atoms with E-state index >= 15 is 0 Å². The van der Waals surface area contributed by atoms with Gasteiger partial charge in [-0.25, -0.2) is 4.98 Å². The van der Waals surface area contributed by atoms with E-state index in [4.69, 9.17) is 0 Å². The van der Waals surface area contributed by atoms with Crippen molar-refractivity contribution in [2.75, 3.05) is 5.32 Å². The predicted molar refractivity (Wildman–Crippen MR) is 101 cm³/mol. The number of carbonyl (C=O) groups excluding carboxylic acids is 1. The average Bonchev–Trinajstić information content (AvgIpc) is 3.07. The van der Waals surface area contributed by atoms with Crippen LogP contribution in [0.4, 0.5) is 18.3 Å². The van der Waals surface area contributed by atoms with Gasteiger partial charge in [-0.2, -0.15) is 13.2 Å². The largest absolute Gasteiger partial charge is 0.416 e. The highest BCUT2D eigenvalue weighted by molar-refractivity contribution is 7.15. The first kappa shape index (κ1) is 19.9. The number of alkyl halides is 3. The molecular weight excluding hydrogens is 373 g/mol. The highest BCUT2D eigenvalue weighted by Crippen LogP contribution is 2.31. The average molecular weight is 396 g/mol. The van der Waals surface area contributed by atoms with Crippen molar-refractivity contribution in [2.24, 2.45) is 5.92 Å². The molecule has 1 heterocycles. The molecule has 2 aromatic rings. The van der Waals surface area contributed by atoms with Gasteiger partial charge < -0.3 is 5.32 Å². The van der Waals surface area contributed by atoms with Crippen molar-refractivity contribution < 1.29 is 18.0 Å². The third-order valence-corrected chi connectivity index (χ3v) is 5.85. The number of carbonyl (C=O) groups is 1. The second kappa shape index (κ2) is 8.87. The van der Waals surface area contributed by atoms with Crippen molar-refractivity contribution in [1.29, 1.82) is 0 Å². The van der Waals surface area contributed by atoms with Crippen LogP contribution in [0.1, 0.15) is 60.9 Å². The second-order valence-electron chi connectivity index (χ2n) is 7.10. The quantitative estimate of drug-likeness (QED) is 0.646. The Morgan fingerprint density at radius 3 is 2.74 bits per heavy atom. The van der Waals surface area contributed by atoms with Gasteiger partial charge in [-0.1, -0.05) is 50.3 Å². The van der Waals surface area contributed by atoms with Crippen LogP contribution < -0.4 is 5.32 Å². The highest BCUT2D eigenvalue weighted by atomic mass is 32.1. The summed E-state index contributed by atoms with van der Waals surface area (Å²) < 4.78 is 38.4. The fraction of sp³-hybridized carbons (Fsp3) is 0.500. The number of thiazole rings is 1. The van der Waals surface area contributed by atoms with Crippen LogP contribution >= 0.6 is 11.3 Å². The molecule has 1 aromatic heterocycles. The molecule has 3 nitrogen and oxygen atoms in total. The van der Waals surface area contributed by atoms with Gasteiger partial charge in [0.05, 0.1) is 5.56 Å². The zero-order valence-electron chi connectivity index (χ0n) is 15.0. The van der Waals surface area contributed by atoms with E-state index < -0.39 is 11.7 Å². The van der Waals surface area contributed by atoms with Crippen LogP contribution in [0.3, 0.4) is 0 Å². The maximum Gasteiger partial charge on any atom is 0.416 e.